The highest BCUT2D eigenvalue weighted by molar-refractivity contribution is 7.13. The summed E-state index contributed by atoms with van der Waals surface area (Å²) in [5.41, 5.74) is 2.35. The van der Waals surface area contributed by atoms with E-state index in [-0.39, 0.29) is 11.5 Å². The number of aryl methyl sites for hydroxylation is 1. The molecule has 1 fully saturated rings. The molecule has 7 heteroatoms. The van der Waals surface area contributed by atoms with Crippen molar-refractivity contribution in [3.8, 4) is 11.1 Å². The number of hydrogen-bond acceptors (Lipinski definition) is 4. The van der Waals surface area contributed by atoms with Gasteiger partial charge in [0, 0.05) is 28.4 Å². The number of carbonyl (C=O) groups is 1. The Balaban J connectivity index is 1.68. The van der Waals surface area contributed by atoms with Gasteiger partial charge < -0.3 is 9.88 Å². The molecular weight excluding hydrogens is 430 g/mol. The van der Waals surface area contributed by atoms with Gasteiger partial charge in [-0.05, 0) is 48.6 Å². The molecule has 0 unspecified atom stereocenters. The summed E-state index contributed by atoms with van der Waals surface area (Å²) < 4.78 is 1.65. The van der Waals surface area contributed by atoms with Crippen LogP contribution in [0.5, 0.6) is 0 Å². The third kappa shape index (κ3) is 5.25. The van der Waals surface area contributed by atoms with E-state index in [9.17, 15) is 9.59 Å². The molecule has 0 saturated heterocycles. The van der Waals surface area contributed by atoms with Crippen molar-refractivity contribution in [2.75, 3.05) is 5.32 Å². The van der Waals surface area contributed by atoms with Gasteiger partial charge in [-0.2, -0.15) is 0 Å². The molecule has 5 nitrogen and oxygen atoms in total. The summed E-state index contributed by atoms with van der Waals surface area (Å²) in [5, 5.41) is 5.95. The smallest absolute Gasteiger partial charge is 0.252 e. The molecule has 0 radical (unpaired) electrons. The van der Waals surface area contributed by atoms with Crippen molar-refractivity contribution in [1.29, 1.82) is 0 Å². The Bertz CT molecular complexity index is 1090. The molecule has 4 rings (SSSR count). The molecule has 162 valence electrons. The number of aromatic nitrogens is 2. The zero-order chi connectivity index (χ0) is 21.8. The van der Waals surface area contributed by atoms with Gasteiger partial charge in [0.05, 0.1) is 0 Å². The van der Waals surface area contributed by atoms with Gasteiger partial charge in [-0.15, -0.1) is 11.3 Å². The Kier molecular flexibility index (Phi) is 6.88. The first-order chi connectivity index (χ1) is 15.0. The largest absolute Gasteiger partial charge is 0.300 e. The van der Waals surface area contributed by atoms with Crippen molar-refractivity contribution in [3.63, 3.8) is 0 Å². The number of halogens is 1. The molecule has 31 heavy (non-hydrogen) atoms. The Morgan fingerprint density at radius 2 is 1.94 bits per heavy atom. The second kappa shape index (κ2) is 9.79. The molecule has 1 aliphatic carbocycles. The van der Waals surface area contributed by atoms with Gasteiger partial charge in [-0.25, -0.2) is 4.98 Å². The van der Waals surface area contributed by atoms with Crippen molar-refractivity contribution in [3.05, 3.63) is 69.0 Å². The second-order valence-corrected chi connectivity index (χ2v) is 9.51. The van der Waals surface area contributed by atoms with E-state index in [0.717, 1.165) is 29.7 Å². The Hall–Kier alpha value is -2.44. The number of amides is 1. The molecule has 0 spiro atoms. The number of thiazole rings is 1. The fourth-order valence-corrected chi connectivity index (χ4v) is 5.12. The van der Waals surface area contributed by atoms with Crippen LogP contribution in [0.3, 0.4) is 0 Å². The molecular formula is C24H26ClN3O2S. The van der Waals surface area contributed by atoms with Crippen LogP contribution in [-0.4, -0.2) is 15.5 Å². The van der Waals surface area contributed by atoms with E-state index in [1.54, 1.807) is 16.8 Å². The van der Waals surface area contributed by atoms with Gasteiger partial charge in [0.1, 0.15) is 6.04 Å². The van der Waals surface area contributed by atoms with Crippen LogP contribution >= 0.6 is 22.9 Å². The minimum atomic E-state index is -0.557. The maximum absolute atomic E-state index is 13.3. The minimum Gasteiger partial charge on any atom is -0.300 e. The first-order valence-electron chi connectivity index (χ1n) is 10.7. The predicted octanol–water partition coefficient (Wildman–Crippen LogP) is 6.08. The van der Waals surface area contributed by atoms with Crippen molar-refractivity contribution >= 4 is 34.0 Å². The zero-order valence-electron chi connectivity index (χ0n) is 17.5. The molecule has 0 aliphatic heterocycles. The summed E-state index contributed by atoms with van der Waals surface area (Å²) in [4.78, 5) is 30.7. The maximum Gasteiger partial charge on any atom is 0.252 e. The maximum atomic E-state index is 13.3. The van der Waals surface area contributed by atoms with E-state index >= 15 is 0 Å². The van der Waals surface area contributed by atoms with Crippen molar-refractivity contribution < 1.29 is 4.79 Å². The number of carbonyl (C=O) groups excluding carboxylic acids is 1. The van der Waals surface area contributed by atoms with Gasteiger partial charge in [-0.1, -0.05) is 55.8 Å². The lowest BCUT2D eigenvalue weighted by Crippen LogP contribution is -2.36. The van der Waals surface area contributed by atoms with Crippen molar-refractivity contribution in [2.45, 2.75) is 51.5 Å². The van der Waals surface area contributed by atoms with Crippen LogP contribution in [0.2, 0.25) is 5.02 Å². The second-order valence-electron chi connectivity index (χ2n) is 8.18. The molecule has 1 aliphatic rings. The minimum absolute atomic E-state index is 0.167. The molecule has 1 amide bonds. The highest BCUT2D eigenvalue weighted by atomic mass is 35.5. The quantitative estimate of drug-likeness (QED) is 0.489. The van der Waals surface area contributed by atoms with Gasteiger partial charge in [-0.3, -0.25) is 9.59 Å². The first-order valence-corrected chi connectivity index (χ1v) is 12.0. The summed E-state index contributed by atoms with van der Waals surface area (Å²) in [6.45, 7) is 1.89. The van der Waals surface area contributed by atoms with E-state index in [4.69, 9.17) is 11.6 Å². The van der Waals surface area contributed by atoms with E-state index in [2.05, 4.69) is 10.3 Å². The first kappa shape index (κ1) is 21.8. The predicted molar refractivity (Wildman–Crippen MR) is 127 cm³/mol. The molecule has 2 heterocycles. The van der Waals surface area contributed by atoms with Crippen molar-refractivity contribution in [1.82, 2.24) is 9.55 Å². The standard InChI is InChI=1S/C24H26ClN3O2S/c1-16-13-19(18-7-9-20(25)10-8-18)15-22(29)28(16)21(14-17-5-3-2-4-6-17)23(30)27-24-26-11-12-31-24/h7-13,15,17,21H,2-6,14H2,1H3,(H,26,27,30)/t21-/m0/s1. The lowest BCUT2D eigenvalue weighted by atomic mass is 9.84. The third-order valence-corrected chi connectivity index (χ3v) is 6.94. The van der Waals surface area contributed by atoms with Crippen LogP contribution < -0.4 is 10.9 Å². The fourth-order valence-electron chi connectivity index (χ4n) is 4.46. The Morgan fingerprint density at radius 1 is 1.19 bits per heavy atom. The molecule has 1 N–H and O–H groups in total. The van der Waals surface area contributed by atoms with Gasteiger partial charge in [0.15, 0.2) is 5.13 Å². The molecule has 1 atom stereocenters. The monoisotopic (exact) mass is 455 g/mol. The Morgan fingerprint density at radius 3 is 2.58 bits per heavy atom. The van der Waals surface area contributed by atoms with Crippen LogP contribution in [-0.2, 0) is 4.79 Å². The van der Waals surface area contributed by atoms with Gasteiger partial charge in [0.25, 0.3) is 5.56 Å². The van der Waals surface area contributed by atoms with Crippen LogP contribution in [0, 0.1) is 12.8 Å². The summed E-state index contributed by atoms with van der Waals surface area (Å²) in [7, 11) is 0. The lowest BCUT2D eigenvalue weighted by Gasteiger charge is -2.28. The van der Waals surface area contributed by atoms with Crippen LogP contribution in [0.25, 0.3) is 11.1 Å². The highest BCUT2D eigenvalue weighted by Gasteiger charge is 2.28. The molecule has 0 bridgehead atoms. The molecule has 3 aromatic rings. The Labute approximate surface area is 191 Å². The summed E-state index contributed by atoms with van der Waals surface area (Å²) in [6.07, 6.45) is 8.17. The van der Waals surface area contributed by atoms with E-state index in [1.165, 1.54) is 30.6 Å². The van der Waals surface area contributed by atoms with E-state index in [0.29, 0.717) is 22.5 Å². The number of nitrogens with zero attached hydrogens (tertiary/aromatic N) is 2. The van der Waals surface area contributed by atoms with E-state index < -0.39 is 6.04 Å². The van der Waals surface area contributed by atoms with Crippen LogP contribution in [0.15, 0.2) is 52.8 Å². The molecule has 2 aromatic heterocycles. The molecule has 1 aromatic carbocycles. The number of benzene rings is 1. The normalized spacial score (nSPS) is 15.5. The number of anilines is 1. The number of nitrogens with one attached hydrogen (secondary N) is 1. The average molecular weight is 456 g/mol. The van der Waals surface area contributed by atoms with Gasteiger partial charge >= 0.3 is 0 Å². The van der Waals surface area contributed by atoms with Gasteiger partial charge in [0.2, 0.25) is 5.91 Å². The topological polar surface area (TPSA) is 64.0 Å². The zero-order valence-corrected chi connectivity index (χ0v) is 19.1. The van der Waals surface area contributed by atoms with E-state index in [1.807, 2.05) is 42.6 Å². The van der Waals surface area contributed by atoms with Crippen LogP contribution in [0.1, 0.15) is 50.3 Å². The van der Waals surface area contributed by atoms with Crippen molar-refractivity contribution in [2.24, 2.45) is 5.92 Å². The molecule has 1 saturated carbocycles. The lowest BCUT2D eigenvalue weighted by molar-refractivity contribution is -0.120. The summed E-state index contributed by atoms with van der Waals surface area (Å²) >= 11 is 7.38. The number of hydrogen-bond donors (Lipinski definition) is 1. The average Bonchev–Trinajstić information content (AvgIpc) is 3.26. The summed E-state index contributed by atoms with van der Waals surface area (Å²) in [6, 6.07) is 10.4. The number of pyridine rings is 1. The fraction of sp³-hybridized carbons (Fsp3) is 0.375. The van der Waals surface area contributed by atoms with Crippen LogP contribution in [0.4, 0.5) is 5.13 Å². The third-order valence-electron chi connectivity index (χ3n) is 6.00. The SMILES string of the molecule is Cc1cc(-c2ccc(Cl)cc2)cc(=O)n1[C@@H](CC1CCCCC1)C(=O)Nc1nccs1. The number of rotatable bonds is 6. The highest BCUT2D eigenvalue weighted by Crippen LogP contribution is 2.32. The summed E-state index contributed by atoms with van der Waals surface area (Å²) in [5.74, 6) is 0.271.